The Kier molecular flexibility index (Phi) is 5.33. The van der Waals surface area contributed by atoms with Crippen LogP contribution in [0.15, 0.2) is 16.6 Å². The van der Waals surface area contributed by atoms with E-state index in [9.17, 15) is 13.9 Å². The summed E-state index contributed by atoms with van der Waals surface area (Å²) in [6.07, 6.45) is 0. The third kappa shape index (κ3) is 2.56. The number of nitrogens with two attached hydrogens (primary N) is 1. The first-order chi connectivity index (χ1) is 6.07. The molecular weight excluding hydrogens is 279 g/mol. The van der Waals surface area contributed by atoms with Crippen molar-refractivity contribution in [2.75, 3.05) is 6.67 Å². The van der Waals surface area contributed by atoms with Crippen LogP contribution in [0.5, 0.6) is 5.75 Å². The molecule has 0 unspecified atom stereocenters. The molecule has 0 aliphatic rings. The maximum atomic E-state index is 13.0. The first-order valence-corrected chi connectivity index (χ1v) is 4.35. The highest BCUT2D eigenvalue weighted by molar-refractivity contribution is 9.10. The second-order valence-electron chi connectivity index (χ2n) is 2.56. The van der Waals surface area contributed by atoms with Gasteiger partial charge in [0.1, 0.15) is 6.67 Å². The van der Waals surface area contributed by atoms with E-state index in [1.807, 2.05) is 0 Å². The van der Waals surface area contributed by atoms with Gasteiger partial charge in [0.25, 0.3) is 0 Å². The van der Waals surface area contributed by atoms with E-state index in [1.165, 1.54) is 12.1 Å². The summed E-state index contributed by atoms with van der Waals surface area (Å²) in [6.45, 7) is -0.839. The zero-order valence-corrected chi connectivity index (χ0v) is 9.41. The van der Waals surface area contributed by atoms with E-state index < -0.39 is 24.3 Å². The van der Waals surface area contributed by atoms with Gasteiger partial charge in [-0.3, -0.25) is 0 Å². The number of aromatic hydroxyl groups is 1. The van der Waals surface area contributed by atoms with Crippen LogP contribution in [0.3, 0.4) is 0 Å². The predicted molar refractivity (Wildman–Crippen MR) is 55.9 cm³/mol. The molecule has 1 atom stereocenters. The van der Waals surface area contributed by atoms with E-state index in [2.05, 4.69) is 15.9 Å². The average molecular weight is 289 g/mol. The van der Waals surface area contributed by atoms with Gasteiger partial charge in [-0.1, -0.05) is 6.07 Å². The van der Waals surface area contributed by atoms with Crippen LogP contribution in [0, 0.1) is 5.82 Å². The Morgan fingerprint density at radius 3 is 2.57 bits per heavy atom. The zero-order chi connectivity index (χ0) is 10.0. The van der Waals surface area contributed by atoms with Crippen LogP contribution in [0.4, 0.5) is 8.78 Å². The molecular formula is C8H9BrClF2NO. The lowest BCUT2D eigenvalue weighted by atomic mass is 10.1. The summed E-state index contributed by atoms with van der Waals surface area (Å²) in [7, 11) is 0. The molecule has 14 heavy (non-hydrogen) atoms. The standard InChI is InChI=1S/C8H8BrF2NO.ClH/c9-5-2-1-4(6(12)3-10)8(13)7(5)11;/h1-2,6,13H,3,12H2;1H/t6-;/m0./s1. The van der Waals surface area contributed by atoms with Gasteiger partial charge in [0.2, 0.25) is 0 Å². The highest BCUT2D eigenvalue weighted by atomic mass is 79.9. The number of rotatable bonds is 2. The number of halogens is 4. The molecule has 0 aliphatic heterocycles. The normalized spacial score (nSPS) is 12.0. The van der Waals surface area contributed by atoms with Crippen molar-refractivity contribution >= 4 is 28.3 Å². The number of alkyl halides is 1. The molecule has 2 nitrogen and oxygen atoms in total. The molecule has 0 saturated carbocycles. The lowest BCUT2D eigenvalue weighted by molar-refractivity contribution is 0.395. The largest absolute Gasteiger partial charge is 0.505 e. The minimum Gasteiger partial charge on any atom is -0.505 e. The third-order valence-electron chi connectivity index (χ3n) is 1.67. The van der Waals surface area contributed by atoms with Gasteiger partial charge in [-0.05, 0) is 22.0 Å². The number of phenols is 1. The Hall–Kier alpha value is -0.390. The van der Waals surface area contributed by atoms with Crippen molar-refractivity contribution in [1.82, 2.24) is 0 Å². The van der Waals surface area contributed by atoms with Crippen LogP contribution in [-0.2, 0) is 0 Å². The minimum absolute atomic E-state index is 0. The molecule has 0 aromatic heterocycles. The van der Waals surface area contributed by atoms with Crippen LogP contribution in [-0.4, -0.2) is 11.8 Å². The van der Waals surface area contributed by atoms with Gasteiger partial charge >= 0.3 is 0 Å². The maximum absolute atomic E-state index is 13.0. The molecule has 0 radical (unpaired) electrons. The molecule has 0 saturated heterocycles. The van der Waals surface area contributed by atoms with Gasteiger partial charge in [0.15, 0.2) is 11.6 Å². The summed E-state index contributed by atoms with van der Waals surface area (Å²) < 4.78 is 25.3. The fraction of sp³-hybridized carbons (Fsp3) is 0.250. The summed E-state index contributed by atoms with van der Waals surface area (Å²) >= 11 is 2.88. The Morgan fingerprint density at radius 1 is 1.50 bits per heavy atom. The molecule has 0 bridgehead atoms. The summed E-state index contributed by atoms with van der Waals surface area (Å²) in [5.74, 6) is -1.42. The highest BCUT2D eigenvalue weighted by Crippen LogP contribution is 2.30. The molecule has 3 N–H and O–H groups in total. The second-order valence-corrected chi connectivity index (χ2v) is 3.41. The van der Waals surface area contributed by atoms with Gasteiger partial charge in [0.05, 0.1) is 10.5 Å². The van der Waals surface area contributed by atoms with Crippen molar-refractivity contribution in [3.63, 3.8) is 0 Å². The fourth-order valence-corrected chi connectivity index (χ4v) is 1.26. The van der Waals surface area contributed by atoms with E-state index in [4.69, 9.17) is 5.73 Å². The predicted octanol–water partition coefficient (Wildman–Crippen LogP) is 2.68. The molecule has 1 rings (SSSR count). The second kappa shape index (κ2) is 5.48. The number of phenolic OH excluding ortho intramolecular Hbond substituents is 1. The van der Waals surface area contributed by atoms with Gasteiger partial charge in [-0.2, -0.15) is 0 Å². The summed E-state index contributed by atoms with van der Waals surface area (Å²) in [5.41, 5.74) is 5.37. The summed E-state index contributed by atoms with van der Waals surface area (Å²) in [6, 6.07) is 1.77. The zero-order valence-electron chi connectivity index (χ0n) is 7.01. The van der Waals surface area contributed by atoms with Crippen LogP contribution in [0.25, 0.3) is 0 Å². The molecule has 0 amide bonds. The van der Waals surface area contributed by atoms with E-state index in [-0.39, 0.29) is 22.4 Å². The van der Waals surface area contributed by atoms with Gasteiger partial charge in [-0.25, -0.2) is 8.78 Å². The van der Waals surface area contributed by atoms with E-state index in [0.717, 1.165) is 0 Å². The van der Waals surface area contributed by atoms with Crippen molar-refractivity contribution in [3.05, 3.63) is 28.0 Å². The number of hydrogen-bond acceptors (Lipinski definition) is 2. The molecule has 80 valence electrons. The van der Waals surface area contributed by atoms with E-state index in [1.54, 1.807) is 0 Å². The van der Waals surface area contributed by atoms with Crippen LogP contribution < -0.4 is 5.73 Å². The molecule has 6 heteroatoms. The van der Waals surface area contributed by atoms with Crippen LogP contribution >= 0.6 is 28.3 Å². The van der Waals surface area contributed by atoms with Crippen molar-refractivity contribution in [1.29, 1.82) is 0 Å². The minimum atomic E-state index is -0.984. The highest BCUT2D eigenvalue weighted by Gasteiger charge is 2.15. The Morgan fingerprint density at radius 2 is 2.07 bits per heavy atom. The van der Waals surface area contributed by atoms with Gasteiger partial charge < -0.3 is 10.8 Å². The SMILES string of the molecule is Cl.N[C@@H](CF)c1ccc(Br)c(F)c1O. The molecule has 0 aliphatic carbocycles. The van der Waals surface area contributed by atoms with Crippen molar-refractivity contribution in [2.45, 2.75) is 6.04 Å². The quantitative estimate of drug-likeness (QED) is 0.879. The van der Waals surface area contributed by atoms with E-state index in [0.29, 0.717) is 0 Å². The Balaban J connectivity index is 0.00000169. The van der Waals surface area contributed by atoms with Crippen molar-refractivity contribution in [2.24, 2.45) is 5.73 Å². The lowest BCUT2D eigenvalue weighted by Gasteiger charge is -2.10. The summed E-state index contributed by atoms with van der Waals surface area (Å²) in [5, 5.41) is 9.23. The van der Waals surface area contributed by atoms with Crippen molar-refractivity contribution in [3.8, 4) is 5.75 Å². The molecule has 0 fully saturated rings. The molecule has 0 spiro atoms. The molecule has 0 heterocycles. The monoisotopic (exact) mass is 287 g/mol. The maximum Gasteiger partial charge on any atom is 0.179 e. The lowest BCUT2D eigenvalue weighted by Crippen LogP contribution is -2.12. The number of benzene rings is 1. The first-order valence-electron chi connectivity index (χ1n) is 3.56. The number of hydrogen-bond donors (Lipinski definition) is 2. The van der Waals surface area contributed by atoms with Gasteiger partial charge in [0, 0.05) is 5.56 Å². The van der Waals surface area contributed by atoms with Gasteiger partial charge in [-0.15, -0.1) is 12.4 Å². The smallest absolute Gasteiger partial charge is 0.179 e. The fourth-order valence-electron chi connectivity index (χ4n) is 0.937. The molecule has 1 aromatic rings. The Labute approximate surface area is 94.6 Å². The topological polar surface area (TPSA) is 46.2 Å². The Bertz CT molecular complexity index is 324. The van der Waals surface area contributed by atoms with Crippen LogP contribution in [0.2, 0.25) is 0 Å². The average Bonchev–Trinajstić information content (AvgIpc) is 2.13. The van der Waals surface area contributed by atoms with E-state index >= 15 is 0 Å². The first kappa shape index (κ1) is 13.6. The third-order valence-corrected chi connectivity index (χ3v) is 2.28. The molecule has 1 aromatic carbocycles. The summed E-state index contributed by atoms with van der Waals surface area (Å²) in [4.78, 5) is 0. The van der Waals surface area contributed by atoms with Crippen molar-refractivity contribution < 1.29 is 13.9 Å². The van der Waals surface area contributed by atoms with Crippen LogP contribution in [0.1, 0.15) is 11.6 Å².